The van der Waals surface area contributed by atoms with Crippen molar-refractivity contribution in [1.82, 2.24) is 15.1 Å². The Bertz CT molecular complexity index is 1010. The van der Waals surface area contributed by atoms with Crippen LogP contribution in [-0.4, -0.2) is 47.3 Å². The van der Waals surface area contributed by atoms with E-state index in [9.17, 15) is 4.79 Å². The first-order valence-electron chi connectivity index (χ1n) is 10.1. The van der Waals surface area contributed by atoms with E-state index >= 15 is 0 Å². The van der Waals surface area contributed by atoms with Crippen LogP contribution in [0.1, 0.15) is 34.7 Å². The van der Waals surface area contributed by atoms with Crippen molar-refractivity contribution in [2.75, 3.05) is 26.3 Å². The molecule has 1 saturated heterocycles. The monoisotopic (exact) mass is 389 g/mol. The molecular weight excluding hydrogens is 366 g/mol. The van der Waals surface area contributed by atoms with Crippen molar-refractivity contribution < 1.29 is 14.3 Å². The van der Waals surface area contributed by atoms with Gasteiger partial charge in [0.1, 0.15) is 13.2 Å². The molecule has 0 spiro atoms. The van der Waals surface area contributed by atoms with Gasteiger partial charge in [-0.2, -0.15) is 5.10 Å². The van der Waals surface area contributed by atoms with Crippen molar-refractivity contribution in [3.8, 4) is 22.8 Å². The fourth-order valence-corrected chi connectivity index (χ4v) is 4.18. The molecule has 0 atom stereocenters. The lowest BCUT2D eigenvalue weighted by molar-refractivity contribution is 0.0714. The van der Waals surface area contributed by atoms with E-state index in [1.54, 1.807) is 6.20 Å². The minimum atomic E-state index is 0.0233. The summed E-state index contributed by atoms with van der Waals surface area (Å²) in [6.45, 7) is 2.59. The van der Waals surface area contributed by atoms with Gasteiger partial charge in [-0.1, -0.05) is 30.3 Å². The molecule has 2 aromatic carbocycles. The van der Waals surface area contributed by atoms with Crippen molar-refractivity contribution in [2.24, 2.45) is 0 Å². The first-order valence-corrected chi connectivity index (χ1v) is 10.1. The molecule has 2 aliphatic rings. The fraction of sp³-hybridized carbons (Fsp3) is 0.304. The number of ether oxygens (including phenoxy) is 2. The number of fused-ring (bicyclic) bond motifs is 1. The molecule has 1 N–H and O–H groups in total. The molecule has 0 unspecified atom stereocenters. The molecule has 3 heterocycles. The third-order valence-corrected chi connectivity index (χ3v) is 5.75. The lowest BCUT2D eigenvalue weighted by atomic mass is 9.89. The summed E-state index contributed by atoms with van der Waals surface area (Å²) in [7, 11) is 0. The van der Waals surface area contributed by atoms with Crippen LogP contribution in [0.4, 0.5) is 0 Å². The van der Waals surface area contributed by atoms with Crippen molar-refractivity contribution >= 4 is 5.91 Å². The molecule has 0 saturated carbocycles. The average Bonchev–Trinajstić information content (AvgIpc) is 3.29. The van der Waals surface area contributed by atoms with Gasteiger partial charge in [-0.3, -0.25) is 9.89 Å². The van der Waals surface area contributed by atoms with Crippen LogP contribution < -0.4 is 9.47 Å². The van der Waals surface area contributed by atoms with E-state index in [1.165, 1.54) is 5.56 Å². The zero-order valence-corrected chi connectivity index (χ0v) is 16.1. The Kier molecular flexibility index (Phi) is 4.68. The van der Waals surface area contributed by atoms with Gasteiger partial charge in [0.25, 0.3) is 5.91 Å². The number of nitrogens with zero attached hydrogens (tertiary/aromatic N) is 2. The topological polar surface area (TPSA) is 67.5 Å². The highest BCUT2D eigenvalue weighted by molar-refractivity contribution is 6.00. The van der Waals surface area contributed by atoms with Gasteiger partial charge in [-0.15, -0.1) is 0 Å². The van der Waals surface area contributed by atoms with Crippen molar-refractivity contribution in [2.45, 2.75) is 18.8 Å². The number of benzene rings is 2. The molecule has 0 bridgehead atoms. The van der Waals surface area contributed by atoms with Gasteiger partial charge < -0.3 is 14.4 Å². The molecule has 0 aliphatic carbocycles. The predicted octanol–water partition coefficient (Wildman–Crippen LogP) is 3.87. The Labute approximate surface area is 169 Å². The number of carbonyl (C=O) groups excluding carboxylic acids is 1. The highest BCUT2D eigenvalue weighted by atomic mass is 16.6. The zero-order chi connectivity index (χ0) is 19.6. The van der Waals surface area contributed by atoms with Crippen LogP contribution in [0, 0.1) is 0 Å². The first kappa shape index (κ1) is 17.8. The fourth-order valence-electron chi connectivity index (χ4n) is 4.18. The number of hydrogen-bond donors (Lipinski definition) is 1. The van der Waals surface area contributed by atoms with E-state index in [0.717, 1.165) is 42.9 Å². The molecule has 3 aromatic rings. The van der Waals surface area contributed by atoms with Crippen LogP contribution in [0.2, 0.25) is 0 Å². The van der Waals surface area contributed by atoms with Gasteiger partial charge in [0.05, 0.1) is 17.5 Å². The van der Waals surface area contributed by atoms with E-state index in [4.69, 9.17) is 9.47 Å². The quantitative estimate of drug-likeness (QED) is 0.738. The summed E-state index contributed by atoms with van der Waals surface area (Å²) in [6, 6.07) is 16.3. The minimum absolute atomic E-state index is 0.0233. The second-order valence-electron chi connectivity index (χ2n) is 7.49. The number of H-pyrrole nitrogens is 1. The number of likely N-dealkylation sites (tertiary alicyclic amines) is 1. The van der Waals surface area contributed by atoms with Gasteiger partial charge in [0.2, 0.25) is 0 Å². The molecule has 5 rings (SSSR count). The second kappa shape index (κ2) is 7.62. The van der Waals surface area contributed by atoms with Crippen molar-refractivity contribution in [1.29, 1.82) is 0 Å². The predicted molar refractivity (Wildman–Crippen MR) is 109 cm³/mol. The van der Waals surface area contributed by atoms with Crippen molar-refractivity contribution in [3.63, 3.8) is 0 Å². The van der Waals surface area contributed by atoms with Gasteiger partial charge in [0.15, 0.2) is 11.5 Å². The molecule has 148 valence electrons. The molecule has 6 heteroatoms. The van der Waals surface area contributed by atoms with Crippen LogP contribution in [-0.2, 0) is 0 Å². The zero-order valence-electron chi connectivity index (χ0n) is 16.1. The summed E-state index contributed by atoms with van der Waals surface area (Å²) < 4.78 is 11.3. The number of aromatic nitrogens is 2. The van der Waals surface area contributed by atoms with Crippen LogP contribution in [0.3, 0.4) is 0 Å². The maximum atomic E-state index is 13.2. The Balaban J connectivity index is 1.33. The molecule has 29 heavy (non-hydrogen) atoms. The van der Waals surface area contributed by atoms with E-state index in [1.807, 2.05) is 29.2 Å². The van der Waals surface area contributed by atoms with Crippen LogP contribution >= 0.6 is 0 Å². The molecule has 0 radical (unpaired) electrons. The highest BCUT2D eigenvalue weighted by Crippen LogP contribution is 2.35. The molecule has 6 nitrogen and oxygen atoms in total. The van der Waals surface area contributed by atoms with Gasteiger partial charge in [-0.25, -0.2) is 0 Å². The Morgan fingerprint density at radius 2 is 1.76 bits per heavy atom. The third kappa shape index (κ3) is 3.46. The largest absolute Gasteiger partial charge is 0.486 e. The Hall–Kier alpha value is -3.28. The number of amides is 1. The number of aromatic amines is 1. The number of nitrogens with one attached hydrogen (secondary N) is 1. The molecule has 1 fully saturated rings. The normalized spacial score (nSPS) is 16.6. The second-order valence-corrected chi connectivity index (χ2v) is 7.49. The molecule has 1 aromatic heterocycles. The number of rotatable bonds is 3. The van der Waals surface area contributed by atoms with Gasteiger partial charge in [0, 0.05) is 18.7 Å². The maximum absolute atomic E-state index is 13.2. The standard InChI is InChI=1S/C23H23N3O3/c27-23(26-10-8-17(9-11-26)16-4-2-1-3-5-16)19-15-24-25-22(19)18-6-7-20-21(14-18)29-13-12-28-20/h1-7,14-15,17H,8-13H2,(H,24,25). The molecule has 1 amide bonds. The van der Waals surface area contributed by atoms with E-state index < -0.39 is 0 Å². The first-order chi connectivity index (χ1) is 14.3. The summed E-state index contributed by atoms with van der Waals surface area (Å²) in [5, 5.41) is 7.13. The van der Waals surface area contributed by atoms with Gasteiger partial charge in [-0.05, 0) is 42.5 Å². The van der Waals surface area contributed by atoms with E-state index in [2.05, 4.69) is 34.5 Å². The smallest absolute Gasteiger partial charge is 0.257 e. The number of carbonyl (C=O) groups is 1. The maximum Gasteiger partial charge on any atom is 0.257 e. The minimum Gasteiger partial charge on any atom is -0.486 e. The third-order valence-electron chi connectivity index (χ3n) is 5.75. The van der Waals surface area contributed by atoms with Crippen LogP contribution in [0.25, 0.3) is 11.3 Å². The lowest BCUT2D eigenvalue weighted by Crippen LogP contribution is -2.38. The Morgan fingerprint density at radius 3 is 2.55 bits per heavy atom. The summed E-state index contributed by atoms with van der Waals surface area (Å²) in [5.74, 6) is 1.97. The van der Waals surface area contributed by atoms with Crippen LogP contribution in [0.5, 0.6) is 11.5 Å². The molecule has 2 aliphatic heterocycles. The van der Waals surface area contributed by atoms with Crippen LogP contribution in [0.15, 0.2) is 54.7 Å². The Morgan fingerprint density at radius 1 is 1.00 bits per heavy atom. The number of piperidine rings is 1. The SMILES string of the molecule is O=C(c1cn[nH]c1-c1ccc2c(c1)OCCO2)N1CCC(c2ccccc2)CC1. The highest BCUT2D eigenvalue weighted by Gasteiger charge is 2.27. The summed E-state index contributed by atoms with van der Waals surface area (Å²) in [5.41, 5.74) is 3.55. The summed E-state index contributed by atoms with van der Waals surface area (Å²) in [6.07, 6.45) is 3.58. The summed E-state index contributed by atoms with van der Waals surface area (Å²) >= 11 is 0. The van der Waals surface area contributed by atoms with Gasteiger partial charge >= 0.3 is 0 Å². The number of hydrogen-bond acceptors (Lipinski definition) is 4. The van der Waals surface area contributed by atoms with E-state index in [-0.39, 0.29) is 5.91 Å². The van der Waals surface area contributed by atoms with E-state index in [0.29, 0.717) is 30.4 Å². The average molecular weight is 389 g/mol. The van der Waals surface area contributed by atoms with Crippen molar-refractivity contribution in [3.05, 3.63) is 65.9 Å². The summed E-state index contributed by atoms with van der Waals surface area (Å²) in [4.78, 5) is 15.1. The molecular formula is C23H23N3O3. The lowest BCUT2D eigenvalue weighted by Gasteiger charge is -2.32.